The van der Waals surface area contributed by atoms with E-state index in [0.717, 1.165) is 6.42 Å². The molecule has 2 heteroatoms. The van der Waals surface area contributed by atoms with Gasteiger partial charge in [-0.05, 0) is 19.4 Å². The minimum Gasteiger partial charge on any atom is -0.353 e. The molecule has 1 amide bonds. The van der Waals surface area contributed by atoms with Crippen LogP contribution in [0.4, 0.5) is 0 Å². The van der Waals surface area contributed by atoms with Crippen LogP contribution >= 0.6 is 0 Å². The van der Waals surface area contributed by atoms with Crippen LogP contribution in [0.5, 0.6) is 0 Å². The number of hydrogen-bond donors (Lipinski definition) is 1. The average Bonchev–Trinajstić information content (AvgIpc) is 1.85. The van der Waals surface area contributed by atoms with Crippen molar-refractivity contribution in [3.8, 4) is 0 Å². The van der Waals surface area contributed by atoms with E-state index in [2.05, 4.69) is 12.2 Å². The zero-order valence-corrected chi connectivity index (χ0v) is 5.68. The number of carbonyl (C=O) groups is 1. The lowest BCUT2D eigenvalue weighted by molar-refractivity contribution is -0.116. The van der Waals surface area contributed by atoms with E-state index in [1.54, 1.807) is 0 Å². The van der Waals surface area contributed by atoms with Gasteiger partial charge in [-0.2, -0.15) is 0 Å². The van der Waals surface area contributed by atoms with E-state index in [0.29, 0.717) is 6.54 Å². The molecule has 0 aliphatic heterocycles. The highest BCUT2D eigenvalue weighted by molar-refractivity contribution is 5.87. The van der Waals surface area contributed by atoms with Crippen LogP contribution in [0.2, 0.25) is 0 Å². The molecule has 0 saturated heterocycles. The first-order valence-electron chi connectivity index (χ1n) is 3.05. The first kappa shape index (κ1) is 8.21. The van der Waals surface area contributed by atoms with E-state index >= 15 is 0 Å². The Labute approximate surface area is 56.0 Å². The number of hydrogen-bond acceptors (Lipinski definition) is 1. The zero-order chi connectivity index (χ0) is 7.11. The molecule has 0 atom stereocenters. The number of amides is 1. The molecule has 0 fully saturated rings. The Bertz CT molecular complexity index is 107. The van der Waals surface area contributed by atoms with Gasteiger partial charge in [-0.3, -0.25) is 4.79 Å². The highest BCUT2D eigenvalue weighted by Gasteiger charge is 1.86. The third-order valence-electron chi connectivity index (χ3n) is 0.804. The Morgan fingerprint density at radius 3 is 2.89 bits per heavy atom. The molecule has 2 nitrogen and oxygen atoms in total. The van der Waals surface area contributed by atoms with Gasteiger partial charge < -0.3 is 5.32 Å². The lowest BCUT2D eigenvalue weighted by atomic mass is 10.4. The first-order chi connectivity index (χ1) is 4.31. The fourth-order valence-electron chi connectivity index (χ4n) is 0.407. The van der Waals surface area contributed by atoms with Crippen LogP contribution in [0.1, 0.15) is 13.3 Å². The van der Waals surface area contributed by atoms with Gasteiger partial charge in [0, 0.05) is 6.54 Å². The predicted molar refractivity (Wildman–Crippen MR) is 37.8 cm³/mol. The summed E-state index contributed by atoms with van der Waals surface area (Å²) < 4.78 is 0. The van der Waals surface area contributed by atoms with Crippen molar-refractivity contribution in [2.45, 2.75) is 13.3 Å². The monoisotopic (exact) mass is 126 g/mol. The van der Waals surface area contributed by atoms with E-state index < -0.39 is 0 Å². The maximum atomic E-state index is 10.6. The molecule has 0 aromatic rings. The Balaban J connectivity index is 3.37. The summed E-state index contributed by atoms with van der Waals surface area (Å²) in [4.78, 5) is 10.6. The summed E-state index contributed by atoms with van der Waals surface area (Å²) in [5.74, 6) is -0.0631. The summed E-state index contributed by atoms with van der Waals surface area (Å²) >= 11 is 0. The van der Waals surface area contributed by atoms with Gasteiger partial charge in [-0.1, -0.05) is 13.0 Å². The van der Waals surface area contributed by atoms with Crippen molar-refractivity contribution < 1.29 is 4.79 Å². The maximum Gasteiger partial charge on any atom is 0.243 e. The molecule has 9 heavy (non-hydrogen) atoms. The largest absolute Gasteiger partial charge is 0.353 e. The van der Waals surface area contributed by atoms with Gasteiger partial charge in [-0.15, -0.1) is 0 Å². The van der Waals surface area contributed by atoms with E-state index in [1.165, 1.54) is 6.08 Å². The molecule has 0 rings (SSSR count). The number of carbonyl (C=O) groups excluding carboxylic acids is 1. The second kappa shape index (κ2) is 5.35. The van der Waals surface area contributed by atoms with Crippen LogP contribution in [-0.4, -0.2) is 12.5 Å². The molecular formula is C7H12NO. The molecule has 0 aromatic carbocycles. The summed E-state index contributed by atoms with van der Waals surface area (Å²) in [5.41, 5.74) is 0. The average molecular weight is 126 g/mol. The standard InChI is InChI=1S/C7H12NO/c1-3-5-6-7(9)8-4-2/h5-6H,2-4H2,1H3,(H,8,9). The molecule has 0 saturated carbocycles. The quantitative estimate of drug-likeness (QED) is 0.559. The third kappa shape index (κ3) is 5.07. The van der Waals surface area contributed by atoms with Gasteiger partial charge in [0.25, 0.3) is 0 Å². The highest BCUT2D eigenvalue weighted by atomic mass is 16.1. The van der Waals surface area contributed by atoms with Crippen LogP contribution in [0.25, 0.3) is 0 Å². The Hall–Kier alpha value is -0.790. The molecule has 1 radical (unpaired) electrons. The SMILES string of the molecule is [CH2]CNC(=O)C=CCC. The summed E-state index contributed by atoms with van der Waals surface area (Å²) in [6, 6.07) is 0. The van der Waals surface area contributed by atoms with Crippen LogP contribution in [0.15, 0.2) is 12.2 Å². The van der Waals surface area contributed by atoms with Gasteiger partial charge in [0.15, 0.2) is 0 Å². The van der Waals surface area contributed by atoms with E-state index in [9.17, 15) is 4.79 Å². The van der Waals surface area contributed by atoms with Gasteiger partial charge >= 0.3 is 0 Å². The summed E-state index contributed by atoms with van der Waals surface area (Å²) in [6.07, 6.45) is 4.22. The molecule has 0 bridgehead atoms. The molecule has 0 aromatic heterocycles. The van der Waals surface area contributed by atoms with Crippen LogP contribution in [0.3, 0.4) is 0 Å². The maximum absolute atomic E-state index is 10.6. The van der Waals surface area contributed by atoms with Crippen molar-refractivity contribution in [1.29, 1.82) is 0 Å². The van der Waals surface area contributed by atoms with Gasteiger partial charge in [0.2, 0.25) is 5.91 Å². The summed E-state index contributed by atoms with van der Waals surface area (Å²) in [7, 11) is 0. The molecule has 0 spiro atoms. The fourth-order valence-corrected chi connectivity index (χ4v) is 0.407. The topological polar surface area (TPSA) is 29.1 Å². The van der Waals surface area contributed by atoms with Crippen LogP contribution < -0.4 is 5.32 Å². The Morgan fingerprint density at radius 1 is 1.78 bits per heavy atom. The Kier molecular flexibility index (Phi) is 4.88. The predicted octanol–water partition coefficient (Wildman–Crippen LogP) is 0.903. The van der Waals surface area contributed by atoms with Crippen molar-refractivity contribution >= 4 is 5.91 Å². The van der Waals surface area contributed by atoms with Crippen LogP contribution in [0, 0.1) is 6.92 Å². The first-order valence-corrected chi connectivity index (χ1v) is 3.05. The lowest BCUT2D eigenvalue weighted by Gasteiger charge is -1.92. The number of allylic oxidation sites excluding steroid dienone is 1. The third-order valence-corrected chi connectivity index (χ3v) is 0.804. The van der Waals surface area contributed by atoms with Crippen molar-refractivity contribution in [3.05, 3.63) is 19.1 Å². The Morgan fingerprint density at radius 2 is 2.44 bits per heavy atom. The molecule has 0 aliphatic rings. The van der Waals surface area contributed by atoms with Gasteiger partial charge in [-0.25, -0.2) is 0 Å². The minimum absolute atomic E-state index is 0.0631. The van der Waals surface area contributed by atoms with Crippen molar-refractivity contribution in [2.75, 3.05) is 6.54 Å². The van der Waals surface area contributed by atoms with Gasteiger partial charge in [0.05, 0.1) is 0 Å². The molecular weight excluding hydrogens is 114 g/mol. The fraction of sp³-hybridized carbons (Fsp3) is 0.429. The van der Waals surface area contributed by atoms with E-state index in [4.69, 9.17) is 0 Å². The van der Waals surface area contributed by atoms with Crippen LogP contribution in [-0.2, 0) is 4.79 Å². The molecule has 1 N–H and O–H groups in total. The molecule has 0 aliphatic carbocycles. The molecule has 51 valence electrons. The minimum atomic E-state index is -0.0631. The molecule has 0 heterocycles. The number of nitrogens with one attached hydrogen (secondary N) is 1. The normalized spacial score (nSPS) is 10.0. The highest BCUT2D eigenvalue weighted by Crippen LogP contribution is 1.78. The van der Waals surface area contributed by atoms with E-state index in [1.807, 2.05) is 13.0 Å². The summed E-state index contributed by atoms with van der Waals surface area (Å²) in [5, 5.41) is 2.54. The van der Waals surface area contributed by atoms with Crippen molar-refractivity contribution in [1.82, 2.24) is 5.32 Å². The second-order valence-corrected chi connectivity index (χ2v) is 1.60. The molecule has 0 unspecified atom stereocenters. The van der Waals surface area contributed by atoms with E-state index in [-0.39, 0.29) is 5.91 Å². The number of rotatable bonds is 3. The van der Waals surface area contributed by atoms with Gasteiger partial charge in [0.1, 0.15) is 0 Å². The smallest absolute Gasteiger partial charge is 0.243 e. The summed E-state index contributed by atoms with van der Waals surface area (Å²) in [6.45, 7) is 5.90. The van der Waals surface area contributed by atoms with Crippen molar-refractivity contribution in [3.63, 3.8) is 0 Å². The second-order valence-electron chi connectivity index (χ2n) is 1.60. The lowest BCUT2D eigenvalue weighted by Crippen LogP contribution is -2.19. The zero-order valence-electron chi connectivity index (χ0n) is 5.68. The van der Waals surface area contributed by atoms with Crippen molar-refractivity contribution in [2.24, 2.45) is 0 Å².